The van der Waals surface area contributed by atoms with Crippen molar-refractivity contribution in [1.29, 1.82) is 0 Å². The fourth-order valence-corrected chi connectivity index (χ4v) is 10.9. The van der Waals surface area contributed by atoms with Crippen molar-refractivity contribution in [3.05, 3.63) is 96.1 Å². The van der Waals surface area contributed by atoms with E-state index in [1.54, 1.807) is 0 Å². The van der Waals surface area contributed by atoms with E-state index in [4.69, 9.17) is 0 Å². The molecule has 1 aliphatic carbocycles. The Hall–Kier alpha value is -2.29. The fourth-order valence-electron chi connectivity index (χ4n) is 6.83. The summed E-state index contributed by atoms with van der Waals surface area (Å²) in [6.07, 6.45) is 4.89. The quantitative estimate of drug-likeness (QED) is 0.297. The fraction of sp³-hybridized carbons (Fsp3) is 0.355. The summed E-state index contributed by atoms with van der Waals surface area (Å²) >= 11 is 0. The third kappa shape index (κ3) is 3.90. The first kappa shape index (κ1) is 23.1. The standard InChI is InChI=1S/C31H37N2OP/c1-23(2)35(34)32(21-26-15-9-13-24-11-3-5-17-28(24)26)30-19-7-8-20-31(30)33(35)22-27-16-10-14-25-12-4-6-18-29(25)27/h3-6,9-18,23,30-31,34-35H,7-8,19-22H2,1-2H3/t30-,31-/m1/s1. The minimum absolute atomic E-state index is 0.220. The number of hydrogen-bond acceptors (Lipinski definition) is 3. The molecule has 0 amide bonds. The number of benzene rings is 4. The topological polar surface area (TPSA) is 26.7 Å². The van der Waals surface area contributed by atoms with Gasteiger partial charge in [0.25, 0.3) is 0 Å². The summed E-state index contributed by atoms with van der Waals surface area (Å²) < 4.78 is 5.18. The van der Waals surface area contributed by atoms with Gasteiger partial charge in [-0.3, -0.25) is 0 Å². The number of hydrogen-bond donors (Lipinski definition) is 1. The van der Waals surface area contributed by atoms with Crippen LogP contribution in [0.1, 0.15) is 50.7 Å². The van der Waals surface area contributed by atoms with Gasteiger partial charge in [0, 0.05) is 0 Å². The van der Waals surface area contributed by atoms with Crippen LogP contribution in [0.3, 0.4) is 0 Å². The normalized spacial score (nSPS) is 23.7. The van der Waals surface area contributed by atoms with Gasteiger partial charge in [-0.15, -0.1) is 0 Å². The Bertz CT molecular complexity index is 1240. The van der Waals surface area contributed by atoms with Crippen molar-refractivity contribution >= 4 is 29.3 Å². The van der Waals surface area contributed by atoms with E-state index in [-0.39, 0.29) is 5.66 Å². The zero-order valence-electron chi connectivity index (χ0n) is 20.9. The molecular weight excluding hydrogens is 447 g/mol. The van der Waals surface area contributed by atoms with Gasteiger partial charge in [0.2, 0.25) is 0 Å². The van der Waals surface area contributed by atoms with Crippen molar-refractivity contribution in [3.8, 4) is 0 Å². The van der Waals surface area contributed by atoms with Crippen molar-refractivity contribution in [1.82, 2.24) is 9.34 Å². The monoisotopic (exact) mass is 484 g/mol. The Morgan fingerprint density at radius 2 is 1.11 bits per heavy atom. The number of rotatable bonds is 5. The maximum absolute atomic E-state index is 12.8. The van der Waals surface area contributed by atoms with Crippen LogP contribution in [0.15, 0.2) is 84.9 Å². The van der Waals surface area contributed by atoms with Gasteiger partial charge in [-0.25, -0.2) is 0 Å². The minimum atomic E-state index is -2.92. The molecule has 4 aromatic carbocycles. The third-order valence-electron chi connectivity index (χ3n) is 8.56. The summed E-state index contributed by atoms with van der Waals surface area (Å²) in [5.41, 5.74) is 2.90. The first-order valence-corrected chi connectivity index (χ1v) is 15.2. The van der Waals surface area contributed by atoms with Crippen LogP contribution in [-0.2, 0) is 13.1 Å². The molecule has 1 aliphatic heterocycles. The predicted molar refractivity (Wildman–Crippen MR) is 151 cm³/mol. The van der Waals surface area contributed by atoms with Crippen LogP contribution >= 0.6 is 7.79 Å². The van der Waals surface area contributed by atoms with Gasteiger partial charge in [-0.2, -0.15) is 0 Å². The molecule has 4 aromatic rings. The summed E-state index contributed by atoms with van der Waals surface area (Å²) in [6.45, 7) is 6.15. The van der Waals surface area contributed by atoms with Gasteiger partial charge in [-0.1, -0.05) is 0 Å². The van der Waals surface area contributed by atoms with E-state index < -0.39 is 7.79 Å². The molecule has 1 saturated carbocycles. The number of fused-ring (bicyclic) bond motifs is 3. The molecule has 1 heterocycles. The molecule has 4 heteroatoms. The molecule has 182 valence electrons. The van der Waals surface area contributed by atoms with E-state index in [1.807, 2.05) is 0 Å². The molecule has 1 saturated heterocycles. The summed E-state index contributed by atoms with van der Waals surface area (Å²) in [6, 6.07) is 31.5. The summed E-state index contributed by atoms with van der Waals surface area (Å²) in [4.78, 5) is 12.8. The molecular formula is C31H37N2OP. The molecule has 0 aromatic heterocycles. The molecule has 0 bridgehead atoms. The average molecular weight is 485 g/mol. The molecule has 2 fully saturated rings. The van der Waals surface area contributed by atoms with Crippen molar-refractivity contribution in [3.63, 3.8) is 0 Å². The van der Waals surface area contributed by atoms with Gasteiger partial charge in [0.05, 0.1) is 0 Å². The maximum atomic E-state index is 12.8. The van der Waals surface area contributed by atoms with E-state index in [2.05, 4.69) is 108 Å². The second-order valence-corrected chi connectivity index (χ2v) is 14.5. The van der Waals surface area contributed by atoms with Gasteiger partial charge >= 0.3 is 210 Å². The van der Waals surface area contributed by atoms with Crippen LogP contribution in [0.2, 0.25) is 0 Å². The SMILES string of the molecule is CC(C)[PH]1(O)N(Cc2cccc3ccccc23)[C@@H]2CCCC[C@H]2N1Cc1cccc2ccccc12. The Labute approximate surface area is 209 Å². The Kier molecular flexibility index (Phi) is 6.15. The molecule has 0 radical (unpaired) electrons. The molecule has 1 N–H and O–H groups in total. The first-order valence-electron chi connectivity index (χ1n) is 13.3. The van der Waals surface area contributed by atoms with Gasteiger partial charge in [-0.05, 0) is 0 Å². The van der Waals surface area contributed by atoms with Crippen LogP contribution in [0.5, 0.6) is 0 Å². The Morgan fingerprint density at radius 1 is 0.686 bits per heavy atom. The third-order valence-corrected chi connectivity index (χ3v) is 12.8. The molecule has 0 spiro atoms. The van der Waals surface area contributed by atoms with Crippen LogP contribution < -0.4 is 0 Å². The van der Waals surface area contributed by atoms with Gasteiger partial charge in [0.1, 0.15) is 0 Å². The van der Waals surface area contributed by atoms with Crippen molar-refractivity contribution < 1.29 is 4.89 Å². The summed E-state index contributed by atoms with van der Waals surface area (Å²) in [5, 5.41) is 5.20. The van der Waals surface area contributed by atoms with Crippen molar-refractivity contribution in [2.45, 2.75) is 70.4 Å². The van der Waals surface area contributed by atoms with E-state index >= 15 is 0 Å². The van der Waals surface area contributed by atoms with Crippen molar-refractivity contribution in [2.75, 3.05) is 0 Å². The average Bonchev–Trinajstić information content (AvgIpc) is 3.13. The molecule has 6 rings (SSSR count). The molecule has 2 aliphatic rings. The van der Waals surface area contributed by atoms with Crippen LogP contribution in [0.25, 0.3) is 21.5 Å². The summed E-state index contributed by atoms with van der Waals surface area (Å²) in [7, 11) is -2.92. The van der Waals surface area contributed by atoms with Crippen LogP contribution in [-0.4, -0.2) is 32.0 Å². The second kappa shape index (κ2) is 9.30. The van der Waals surface area contributed by atoms with Crippen LogP contribution in [0, 0.1) is 0 Å². The molecule has 35 heavy (non-hydrogen) atoms. The molecule has 2 atom stereocenters. The van der Waals surface area contributed by atoms with Gasteiger partial charge in [0.15, 0.2) is 0 Å². The van der Waals surface area contributed by atoms with E-state index in [0.29, 0.717) is 12.1 Å². The molecule has 0 unspecified atom stereocenters. The Balaban J connectivity index is 1.43. The zero-order valence-corrected chi connectivity index (χ0v) is 21.9. The van der Waals surface area contributed by atoms with Crippen molar-refractivity contribution in [2.24, 2.45) is 0 Å². The number of nitrogens with zero attached hydrogens (tertiary/aromatic N) is 2. The molecule has 3 nitrogen and oxygen atoms in total. The van der Waals surface area contributed by atoms with Gasteiger partial charge < -0.3 is 0 Å². The van der Waals surface area contributed by atoms with E-state index in [0.717, 1.165) is 13.1 Å². The second-order valence-electron chi connectivity index (χ2n) is 10.8. The van der Waals surface area contributed by atoms with Crippen LogP contribution in [0.4, 0.5) is 0 Å². The first-order chi connectivity index (χ1) is 17.1. The predicted octanol–water partition coefficient (Wildman–Crippen LogP) is 7.52. The summed E-state index contributed by atoms with van der Waals surface area (Å²) in [5.74, 6) is 0. The van der Waals surface area contributed by atoms with E-state index in [9.17, 15) is 4.89 Å². The van der Waals surface area contributed by atoms with E-state index in [1.165, 1.54) is 58.4 Å². The zero-order chi connectivity index (χ0) is 24.0. The Morgan fingerprint density at radius 3 is 1.57 bits per heavy atom.